The van der Waals surface area contributed by atoms with Crippen molar-refractivity contribution in [1.82, 2.24) is 9.76 Å². The van der Waals surface area contributed by atoms with Crippen molar-refractivity contribution in [1.29, 1.82) is 0 Å². The minimum Gasteiger partial charge on any atom is -0.271 e. The Hall–Kier alpha value is 0.110. The highest BCUT2D eigenvalue weighted by molar-refractivity contribution is 7.56. The van der Waals surface area contributed by atoms with Gasteiger partial charge in [-0.1, -0.05) is 12.8 Å². The molecule has 5 heteroatoms. The number of rotatable bonds is 3. The highest BCUT2D eigenvalue weighted by atomic mass is 31.2. The highest BCUT2D eigenvalue weighted by Crippen LogP contribution is 2.40. The lowest BCUT2D eigenvalue weighted by Gasteiger charge is -2.29. The summed E-state index contributed by atoms with van der Waals surface area (Å²) in [4.78, 5) is 0. The van der Waals surface area contributed by atoms with Crippen molar-refractivity contribution in [2.75, 3.05) is 14.1 Å². The molecule has 0 aromatic heterocycles. The van der Waals surface area contributed by atoms with E-state index in [4.69, 9.17) is 5.50 Å². The van der Waals surface area contributed by atoms with Gasteiger partial charge in [-0.25, -0.2) is 9.76 Å². The first kappa shape index (κ1) is 10.2. The van der Waals surface area contributed by atoms with Crippen LogP contribution in [-0.2, 0) is 4.57 Å². The zero-order valence-electron chi connectivity index (χ0n) is 7.79. The van der Waals surface area contributed by atoms with Gasteiger partial charge >= 0.3 is 0 Å². The summed E-state index contributed by atoms with van der Waals surface area (Å²) >= 11 is 0. The molecule has 1 saturated carbocycles. The van der Waals surface area contributed by atoms with E-state index in [1.54, 1.807) is 11.7 Å². The van der Waals surface area contributed by atoms with E-state index in [1.165, 1.54) is 12.8 Å². The van der Waals surface area contributed by atoms with Gasteiger partial charge in [0.1, 0.15) is 0 Å². The molecule has 1 aliphatic rings. The van der Waals surface area contributed by atoms with Crippen molar-refractivity contribution in [3.63, 3.8) is 0 Å². The van der Waals surface area contributed by atoms with Gasteiger partial charge in [-0.3, -0.25) is 10.1 Å². The van der Waals surface area contributed by atoms with Crippen LogP contribution in [0.3, 0.4) is 0 Å². The van der Waals surface area contributed by atoms with Crippen molar-refractivity contribution < 1.29 is 4.57 Å². The largest absolute Gasteiger partial charge is 0.278 e. The fourth-order valence-corrected chi connectivity index (χ4v) is 2.71. The average Bonchev–Trinajstić information content (AvgIpc) is 2.55. The molecule has 0 aromatic rings. The first-order valence-electron chi connectivity index (χ1n) is 4.39. The van der Waals surface area contributed by atoms with Gasteiger partial charge in [0, 0.05) is 6.04 Å². The summed E-state index contributed by atoms with van der Waals surface area (Å²) in [6.45, 7) is 0. The van der Waals surface area contributed by atoms with Crippen LogP contribution >= 0.6 is 7.59 Å². The third-order valence-corrected chi connectivity index (χ3v) is 4.55. The van der Waals surface area contributed by atoms with Gasteiger partial charge in [0.25, 0.3) is 7.59 Å². The van der Waals surface area contributed by atoms with Crippen LogP contribution in [0, 0.1) is 0 Å². The third kappa shape index (κ3) is 2.07. The fraction of sp³-hybridized carbons (Fsp3) is 1.00. The molecule has 0 amide bonds. The molecule has 3 N–H and O–H groups in total. The Kier molecular flexibility index (Phi) is 3.29. The molecule has 0 bridgehead atoms. The van der Waals surface area contributed by atoms with E-state index < -0.39 is 7.59 Å². The quantitative estimate of drug-likeness (QED) is 0.657. The van der Waals surface area contributed by atoms with E-state index in [-0.39, 0.29) is 0 Å². The topological polar surface area (TPSA) is 58.4 Å². The van der Waals surface area contributed by atoms with Crippen LogP contribution in [0.2, 0.25) is 0 Å². The lowest BCUT2D eigenvalue weighted by molar-refractivity contribution is 0.366. The Morgan fingerprint density at radius 3 is 2.42 bits per heavy atom. The number of nitrogens with zero attached hydrogens (tertiary/aromatic N) is 1. The molecule has 0 radical (unpaired) electrons. The van der Waals surface area contributed by atoms with Gasteiger partial charge in [0.15, 0.2) is 0 Å². The smallest absolute Gasteiger partial charge is 0.271 e. The van der Waals surface area contributed by atoms with Crippen LogP contribution in [0.4, 0.5) is 0 Å². The van der Waals surface area contributed by atoms with Gasteiger partial charge in [-0.15, -0.1) is 0 Å². The van der Waals surface area contributed by atoms with Crippen LogP contribution in [0.15, 0.2) is 0 Å². The first-order valence-corrected chi connectivity index (χ1v) is 6.12. The Morgan fingerprint density at radius 1 is 1.50 bits per heavy atom. The van der Waals surface area contributed by atoms with Crippen molar-refractivity contribution in [3.8, 4) is 0 Å². The summed E-state index contributed by atoms with van der Waals surface area (Å²) in [5.41, 5.74) is 5.61. The maximum Gasteiger partial charge on any atom is 0.278 e. The molecule has 0 aromatic carbocycles. The van der Waals surface area contributed by atoms with Gasteiger partial charge in [0.2, 0.25) is 0 Å². The van der Waals surface area contributed by atoms with Gasteiger partial charge in [-0.05, 0) is 26.9 Å². The molecular formula is C7H18N3OP. The predicted octanol–water partition coefficient (Wildman–Crippen LogP) is 1.15. The summed E-state index contributed by atoms with van der Waals surface area (Å²) in [7, 11) is 0.755. The van der Waals surface area contributed by atoms with E-state index >= 15 is 0 Å². The van der Waals surface area contributed by atoms with E-state index in [9.17, 15) is 4.57 Å². The second-order valence-electron chi connectivity index (χ2n) is 3.36. The molecular weight excluding hydrogens is 173 g/mol. The summed E-state index contributed by atoms with van der Waals surface area (Å²) in [6, 6.07) is 0.410. The zero-order valence-corrected chi connectivity index (χ0v) is 8.68. The molecule has 0 saturated heterocycles. The number of nitrogens with two attached hydrogens (primary N) is 1. The second kappa shape index (κ2) is 3.88. The second-order valence-corrected chi connectivity index (χ2v) is 5.68. The van der Waals surface area contributed by atoms with E-state index in [1.807, 2.05) is 7.05 Å². The maximum absolute atomic E-state index is 11.7. The first-order chi connectivity index (χ1) is 5.58. The molecule has 72 valence electrons. The van der Waals surface area contributed by atoms with Crippen LogP contribution in [-0.4, -0.2) is 24.8 Å². The normalized spacial score (nSPS) is 24.7. The summed E-state index contributed by atoms with van der Waals surface area (Å²) < 4.78 is 13.5. The van der Waals surface area contributed by atoms with Crippen LogP contribution in [0.25, 0.3) is 0 Å². The highest BCUT2D eigenvalue weighted by Gasteiger charge is 2.29. The lowest BCUT2D eigenvalue weighted by atomic mass is 10.3. The Balaban J connectivity index is 2.56. The van der Waals surface area contributed by atoms with Gasteiger partial charge < -0.3 is 0 Å². The van der Waals surface area contributed by atoms with Gasteiger partial charge in [-0.2, -0.15) is 0 Å². The van der Waals surface area contributed by atoms with E-state index in [0.29, 0.717) is 6.04 Å². The zero-order chi connectivity index (χ0) is 9.19. The minimum absolute atomic E-state index is 0.410. The summed E-state index contributed by atoms with van der Waals surface area (Å²) in [5.74, 6) is 0. The predicted molar refractivity (Wildman–Crippen MR) is 50.9 cm³/mol. The molecule has 1 aliphatic carbocycles. The molecule has 1 unspecified atom stereocenters. The fourth-order valence-electron chi connectivity index (χ4n) is 1.68. The molecule has 0 heterocycles. The van der Waals surface area contributed by atoms with Crippen molar-refractivity contribution >= 4 is 7.59 Å². The molecule has 1 fully saturated rings. The summed E-state index contributed by atoms with van der Waals surface area (Å²) in [6.07, 6.45) is 4.72. The minimum atomic E-state index is -2.73. The van der Waals surface area contributed by atoms with Crippen LogP contribution in [0.1, 0.15) is 25.7 Å². The lowest BCUT2D eigenvalue weighted by Crippen LogP contribution is -2.34. The third-order valence-electron chi connectivity index (χ3n) is 2.64. The molecule has 1 atom stereocenters. The maximum atomic E-state index is 11.7. The molecule has 4 nitrogen and oxygen atoms in total. The molecule has 0 aliphatic heterocycles. The van der Waals surface area contributed by atoms with Gasteiger partial charge in [0.05, 0.1) is 0 Å². The Labute approximate surface area is 74.0 Å². The SMILES string of the molecule is CNP(N)(=O)N(C)C1CCCC1. The van der Waals surface area contributed by atoms with Crippen LogP contribution in [0.5, 0.6) is 0 Å². The number of hydrogen-bond donors (Lipinski definition) is 2. The van der Waals surface area contributed by atoms with Crippen molar-refractivity contribution in [3.05, 3.63) is 0 Å². The number of nitrogens with one attached hydrogen (secondary N) is 1. The van der Waals surface area contributed by atoms with Crippen LogP contribution < -0.4 is 10.6 Å². The standard InChI is InChI=1S/C7H18N3OP/c1-9-12(8,11)10(2)7-5-3-4-6-7/h7H,3-6H2,1-2H3,(H3,8,9,11). The average molecular weight is 191 g/mol. The monoisotopic (exact) mass is 191 g/mol. The van der Waals surface area contributed by atoms with Crippen molar-refractivity contribution in [2.45, 2.75) is 31.7 Å². The van der Waals surface area contributed by atoms with E-state index in [0.717, 1.165) is 12.8 Å². The molecule has 12 heavy (non-hydrogen) atoms. The number of hydrogen-bond acceptors (Lipinski definition) is 1. The molecule has 1 rings (SSSR count). The Morgan fingerprint density at radius 2 is 2.00 bits per heavy atom. The van der Waals surface area contributed by atoms with E-state index in [2.05, 4.69) is 5.09 Å². The Bertz CT molecular complexity index is 191. The summed E-state index contributed by atoms with van der Waals surface area (Å²) in [5, 5.41) is 2.68. The van der Waals surface area contributed by atoms with Crippen molar-refractivity contribution in [2.24, 2.45) is 5.50 Å². The molecule has 0 spiro atoms.